The van der Waals surface area contributed by atoms with Crippen LogP contribution < -0.4 is 0 Å². The molecule has 1 N–H and O–H groups in total. The molecule has 0 saturated heterocycles. The van der Waals surface area contributed by atoms with Gasteiger partial charge in [0.1, 0.15) is 22.2 Å². The lowest BCUT2D eigenvalue weighted by atomic mass is 9.86. The van der Waals surface area contributed by atoms with E-state index < -0.39 is 58.8 Å². The van der Waals surface area contributed by atoms with E-state index in [2.05, 4.69) is 9.99 Å². The van der Waals surface area contributed by atoms with Gasteiger partial charge in [0.2, 0.25) is 0 Å². The summed E-state index contributed by atoms with van der Waals surface area (Å²) in [5, 5.41) is 12.3. The topological polar surface area (TPSA) is 58.9 Å². The summed E-state index contributed by atoms with van der Waals surface area (Å²) in [6, 6.07) is 0.620. The van der Waals surface area contributed by atoms with E-state index in [4.69, 9.17) is 5.11 Å². The standard InChI is InChI=1S/C17H9F8NO3S/c1-6-2-12(30-13(6)14(27)28)11-5-15(29-26-11,17(23,24)25)7-3-8(16(20,21)22)10(19)4-9(7)18/h2-4H,5H2,1H3,(H,27,28). The van der Waals surface area contributed by atoms with Gasteiger partial charge in [0.05, 0.1) is 16.9 Å². The second kappa shape index (κ2) is 6.93. The van der Waals surface area contributed by atoms with Crippen molar-refractivity contribution in [3.8, 4) is 0 Å². The number of rotatable bonds is 3. The van der Waals surface area contributed by atoms with Crippen LogP contribution in [0.25, 0.3) is 0 Å². The van der Waals surface area contributed by atoms with Crippen molar-refractivity contribution in [2.75, 3.05) is 0 Å². The highest BCUT2D eigenvalue weighted by Crippen LogP contribution is 2.51. The number of hydrogen-bond donors (Lipinski definition) is 1. The summed E-state index contributed by atoms with van der Waals surface area (Å²) >= 11 is 0.574. The number of carboxylic acids is 1. The third-order valence-corrected chi connectivity index (χ3v) is 5.65. The number of nitrogens with zero attached hydrogens (tertiary/aromatic N) is 1. The Morgan fingerprint density at radius 1 is 1.13 bits per heavy atom. The van der Waals surface area contributed by atoms with Crippen LogP contribution in [-0.2, 0) is 16.6 Å². The number of carbonyl (C=O) groups is 1. The minimum atomic E-state index is -5.44. The molecule has 1 aliphatic rings. The molecular weight excluding hydrogens is 450 g/mol. The number of hydrogen-bond acceptors (Lipinski definition) is 4. The minimum Gasteiger partial charge on any atom is -0.477 e. The summed E-state index contributed by atoms with van der Waals surface area (Å²) in [6.45, 7) is 1.38. The van der Waals surface area contributed by atoms with Crippen LogP contribution in [0.1, 0.15) is 37.7 Å². The molecule has 0 saturated carbocycles. The average Bonchev–Trinajstić information content (AvgIpc) is 3.17. The first-order chi connectivity index (χ1) is 13.7. The van der Waals surface area contributed by atoms with Crippen LogP contribution in [0.4, 0.5) is 35.1 Å². The summed E-state index contributed by atoms with van der Waals surface area (Å²) in [5.41, 5.74) is -7.57. The van der Waals surface area contributed by atoms with Crippen LogP contribution in [-0.4, -0.2) is 23.0 Å². The zero-order chi connectivity index (χ0) is 22.6. The van der Waals surface area contributed by atoms with Crippen LogP contribution in [0.2, 0.25) is 0 Å². The predicted molar refractivity (Wildman–Crippen MR) is 87.3 cm³/mol. The largest absolute Gasteiger partial charge is 0.477 e. The Kier molecular flexibility index (Phi) is 5.08. The third-order valence-electron chi connectivity index (χ3n) is 4.38. The molecule has 1 aromatic heterocycles. The Bertz CT molecular complexity index is 1060. The third kappa shape index (κ3) is 3.50. The molecule has 1 atom stereocenters. The summed E-state index contributed by atoms with van der Waals surface area (Å²) in [7, 11) is 0. The highest BCUT2D eigenvalue weighted by molar-refractivity contribution is 7.16. The monoisotopic (exact) mass is 459 g/mol. The number of thiophene rings is 1. The van der Waals surface area contributed by atoms with Gasteiger partial charge in [0, 0.05) is 11.6 Å². The van der Waals surface area contributed by atoms with Crippen molar-refractivity contribution >= 4 is 23.0 Å². The number of benzene rings is 1. The molecule has 4 nitrogen and oxygen atoms in total. The van der Waals surface area contributed by atoms with Gasteiger partial charge in [-0.15, -0.1) is 11.3 Å². The van der Waals surface area contributed by atoms with Crippen molar-refractivity contribution in [1.82, 2.24) is 0 Å². The number of oxime groups is 1. The number of aryl methyl sites for hydroxylation is 1. The Morgan fingerprint density at radius 2 is 1.77 bits per heavy atom. The van der Waals surface area contributed by atoms with Gasteiger partial charge in [-0.1, -0.05) is 5.16 Å². The fraction of sp³-hybridized carbons (Fsp3) is 0.294. The first-order valence-electron chi connectivity index (χ1n) is 7.90. The molecule has 162 valence electrons. The fourth-order valence-electron chi connectivity index (χ4n) is 2.93. The second-order valence-corrected chi connectivity index (χ2v) is 7.42. The first-order valence-corrected chi connectivity index (χ1v) is 8.71. The van der Waals surface area contributed by atoms with Crippen molar-refractivity contribution in [3.63, 3.8) is 0 Å². The lowest BCUT2D eigenvalue weighted by Gasteiger charge is -2.30. The second-order valence-electron chi connectivity index (χ2n) is 6.37. The molecule has 1 unspecified atom stereocenters. The van der Waals surface area contributed by atoms with Crippen molar-refractivity contribution in [3.05, 3.63) is 56.3 Å². The zero-order valence-electron chi connectivity index (χ0n) is 14.6. The Morgan fingerprint density at radius 3 is 2.27 bits per heavy atom. The molecule has 30 heavy (non-hydrogen) atoms. The van der Waals surface area contributed by atoms with Crippen LogP contribution in [0, 0.1) is 18.6 Å². The van der Waals surface area contributed by atoms with Gasteiger partial charge in [-0.05, 0) is 24.6 Å². The van der Waals surface area contributed by atoms with E-state index in [9.17, 15) is 39.9 Å². The molecule has 0 spiro atoms. The van der Waals surface area contributed by atoms with E-state index >= 15 is 0 Å². The lowest BCUT2D eigenvalue weighted by Crippen LogP contribution is -2.43. The predicted octanol–water partition coefficient (Wildman–Crippen LogP) is 5.63. The molecule has 2 aromatic rings. The van der Waals surface area contributed by atoms with Gasteiger partial charge >= 0.3 is 18.3 Å². The van der Waals surface area contributed by atoms with Crippen molar-refractivity contribution in [2.24, 2.45) is 5.16 Å². The summed E-state index contributed by atoms with van der Waals surface area (Å²) < 4.78 is 108. The smallest absolute Gasteiger partial charge is 0.435 e. The first kappa shape index (κ1) is 22.0. The number of aromatic carboxylic acids is 1. The molecule has 0 aliphatic carbocycles. The van der Waals surface area contributed by atoms with Crippen LogP contribution in [0.5, 0.6) is 0 Å². The quantitative estimate of drug-likeness (QED) is 0.605. The Balaban J connectivity index is 2.12. The molecule has 0 radical (unpaired) electrons. The highest BCUT2D eigenvalue weighted by atomic mass is 32.1. The normalized spacial score (nSPS) is 19.6. The summed E-state index contributed by atoms with van der Waals surface area (Å²) in [5.74, 6) is -5.33. The molecule has 13 heteroatoms. The maximum absolute atomic E-state index is 14.2. The van der Waals surface area contributed by atoms with E-state index in [0.29, 0.717) is 11.3 Å². The number of carboxylic acid groups (broad SMARTS) is 1. The minimum absolute atomic E-state index is 0.0467. The van der Waals surface area contributed by atoms with E-state index in [1.54, 1.807) is 0 Å². The molecule has 0 bridgehead atoms. The molecule has 0 amide bonds. The van der Waals surface area contributed by atoms with Gasteiger partial charge in [0.15, 0.2) is 0 Å². The molecule has 1 aliphatic heterocycles. The number of halogens is 8. The van der Waals surface area contributed by atoms with Gasteiger partial charge in [0.25, 0.3) is 5.60 Å². The van der Waals surface area contributed by atoms with Crippen molar-refractivity contribution in [2.45, 2.75) is 31.3 Å². The number of alkyl halides is 6. The molecular formula is C17H9F8NO3S. The molecule has 0 fully saturated rings. The van der Waals surface area contributed by atoms with E-state index in [1.165, 1.54) is 13.0 Å². The van der Waals surface area contributed by atoms with E-state index in [1.807, 2.05) is 0 Å². The zero-order valence-corrected chi connectivity index (χ0v) is 15.4. The summed E-state index contributed by atoms with van der Waals surface area (Å²) in [4.78, 5) is 15.3. The molecule has 1 aromatic carbocycles. The Hall–Kier alpha value is -2.70. The van der Waals surface area contributed by atoms with Crippen LogP contribution in [0.3, 0.4) is 0 Å². The van der Waals surface area contributed by atoms with Crippen molar-refractivity contribution < 1.29 is 49.9 Å². The fourth-order valence-corrected chi connectivity index (χ4v) is 3.92. The molecule has 2 heterocycles. The summed E-state index contributed by atoms with van der Waals surface area (Å²) in [6.07, 6.45) is -12.1. The maximum Gasteiger partial charge on any atom is 0.435 e. The van der Waals surface area contributed by atoms with Crippen molar-refractivity contribution in [1.29, 1.82) is 0 Å². The van der Waals surface area contributed by atoms with Gasteiger partial charge in [-0.3, -0.25) is 0 Å². The molecule has 3 rings (SSSR count). The Labute approximate surface area is 166 Å². The highest BCUT2D eigenvalue weighted by Gasteiger charge is 2.64. The van der Waals surface area contributed by atoms with E-state index in [0.717, 1.165) is 0 Å². The van der Waals surface area contributed by atoms with Gasteiger partial charge < -0.3 is 9.94 Å². The SMILES string of the molecule is Cc1cc(C2=NOC(c3cc(C(F)(F)F)c(F)cc3F)(C(F)(F)F)C2)sc1C(=O)O. The average molecular weight is 459 g/mol. The van der Waals surface area contributed by atoms with Crippen LogP contribution >= 0.6 is 11.3 Å². The van der Waals surface area contributed by atoms with Crippen LogP contribution in [0.15, 0.2) is 23.4 Å². The lowest BCUT2D eigenvalue weighted by molar-refractivity contribution is -0.277. The maximum atomic E-state index is 14.2. The van der Waals surface area contributed by atoms with E-state index in [-0.39, 0.29) is 27.5 Å². The van der Waals surface area contributed by atoms with Gasteiger partial charge in [-0.25, -0.2) is 13.6 Å². The van der Waals surface area contributed by atoms with Gasteiger partial charge in [-0.2, -0.15) is 26.3 Å².